The molecule has 9 heteroatoms. The summed E-state index contributed by atoms with van der Waals surface area (Å²) in [4.78, 5) is 23.0. The van der Waals surface area contributed by atoms with Gasteiger partial charge in [-0.1, -0.05) is 11.6 Å². The van der Waals surface area contributed by atoms with E-state index in [0.717, 1.165) is 9.83 Å². The van der Waals surface area contributed by atoms with E-state index < -0.39 is 27.8 Å². The van der Waals surface area contributed by atoms with Gasteiger partial charge in [-0.25, -0.2) is 13.2 Å². The fourth-order valence-corrected chi connectivity index (χ4v) is 2.65. The predicted octanol–water partition coefficient (Wildman–Crippen LogP) is 1.56. The average molecular weight is 446 g/mol. The topological polar surface area (TPSA) is 101 Å². The first kappa shape index (κ1) is 18.2. The van der Waals surface area contributed by atoms with Gasteiger partial charge in [0, 0.05) is 15.4 Å². The molecule has 0 spiro atoms. The number of sulfone groups is 1. The minimum Gasteiger partial charge on any atom is -0.480 e. The van der Waals surface area contributed by atoms with Crippen LogP contribution in [0.5, 0.6) is 0 Å². The summed E-state index contributed by atoms with van der Waals surface area (Å²) in [5, 5.41) is 11.7. The molecule has 1 amide bonds. The Hall–Kier alpha value is -0.870. The summed E-state index contributed by atoms with van der Waals surface area (Å²) >= 11 is 7.89. The number of halogens is 2. The van der Waals surface area contributed by atoms with Crippen LogP contribution in [0.3, 0.4) is 0 Å². The van der Waals surface area contributed by atoms with Crippen LogP contribution >= 0.6 is 34.2 Å². The predicted molar refractivity (Wildman–Crippen MR) is 87.4 cm³/mol. The molecule has 116 valence electrons. The van der Waals surface area contributed by atoms with Crippen molar-refractivity contribution in [3.8, 4) is 0 Å². The molecule has 0 bridgehead atoms. The number of rotatable bonds is 6. The second kappa shape index (κ2) is 7.41. The summed E-state index contributed by atoms with van der Waals surface area (Å²) in [5.74, 6) is -2.23. The molecule has 0 saturated heterocycles. The van der Waals surface area contributed by atoms with E-state index in [2.05, 4.69) is 5.32 Å². The number of carboxylic acid groups (broad SMARTS) is 1. The zero-order chi connectivity index (χ0) is 16.2. The Bertz CT molecular complexity index is 662. The molecule has 1 aromatic carbocycles. The van der Waals surface area contributed by atoms with Crippen molar-refractivity contribution in [1.29, 1.82) is 0 Å². The number of carbonyl (C=O) groups excluding carboxylic acids is 1. The molecule has 0 aliphatic heterocycles. The van der Waals surface area contributed by atoms with E-state index in [9.17, 15) is 18.0 Å². The van der Waals surface area contributed by atoms with Crippen LogP contribution in [0.4, 0.5) is 0 Å². The number of carboxylic acids is 1. The van der Waals surface area contributed by atoms with E-state index in [4.69, 9.17) is 16.7 Å². The fraction of sp³-hybridized carbons (Fsp3) is 0.333. The number of benzene rings is 1. The van der Waals surface area contributed by atoms with Crippen molar-refractivity contribution in [2.24, 2.45) is 0 Å². The Morgan fingerprint density at radius 1 is 1.43 bits per heavy atom. The summed E-state index contributed by atoms with van der Waals surface area (Å²) in [7, 11) is -3.30. The molecule has 1 aromatic rings. The smallest absolute Gasteiger partial charge is 0.326 e. The maximum atomic E-state index is 12.0. The van der Waals surface area contributed by atoms with Crippen LogP contribution in [0.2, 0.25) is 5.02 Å². The van der Waals surface area contributed by atoms with E-state index in [1.165, 1.54) is 12.1 Å². The Morgan fingerprint density at radius 3 is 2.52 bits per heavy atom. The zero-order valence-corrected chi connectivity index (χ0v) is 14.7. The van der Waals surface area contributed by atoms with Gasteiger partial charge in [0.15, 0.2) is 0 Å². The Morgan fingerprint density at radius 2 is 2.05 bits per heavy atom. The van der Waals surface area contributed by atoms with Crippen LogP contribution < -0.4 is 5.32 Å². The summed E-state index contributed by atoms with van der Waals surface area (Å²) in [6.45, 7) is 0. The Labute approximate surface area is 140 Å². The van der Waals surface area contributed by atoms with Gasteiger partial charge in [0.05, 0.1) is 10.8 Å². The van der Waals surface area contributed by atoms with E-state index in [-0.39, 0.29) is 17.7 Å². The highest BCUT2D eigenvalue weighted by Crippen LogP contribution is 2.19. The lowest BCUT2D eigenvalue weighted by molar-refractivity contribution is -0.139. The normalized spacial score (nSPS) is 12.7. The van der Waals surface area contributed by atoms with Gasteiger partial charge in [-0.05, 0) is 47.2 Å². The molecular weight excluding hydrogens is 433 g/mol. The van der Waals surface area contributed by atoms with Crippen molar-refractivity contribution < 1.29 is 23.1 Å². The standard InChI is InChI=1S/C12H13ClINO5S/c1-21(19,20)5-4-10(12(17)18)15-11(16)7-2-3-9(14)8(13)6-7/h2-3,6,10H,4-5H2,1H3,(H,15,16)(H,17,18). The van der Waals surface area contributed by atoms with E-state index >= 15 is 0 Å². The molecule has 0 radical (unpaired) electrons. The summed E-state index contributed by atoms with van der Waals surface area (Å²) in [6.07, 6.45) is 0.810. The van der Waals surface area contributed by atoms with Crippen LogP contribution in [0.25, 0.3) is 0 Å². The first-order chi connectivity index (χ1) is 9.60. The Kier molecular flexibility index (Phi) is 6.41. The van der Waals surface area contributed by atoms with Gasteiger partial charge in [0.25, 0.3) is 5.91 Å². The molecule has 0 saturated carbocycles. The van der Waals surface area contributed by atoms with Gasteiger partial charge in [0.2, 0.25) is 0 Å². The number of hydrogen-bond donors (Lipinski definition) is 2. The van der Waals surface area contributed by atoms with Crippen molar-refractivity contribution in [3.63, 3.8) is 0 Å². The third-order valence-corrected chi connectivity index (χ3v) is 5.11. The average Bonchev–Trinajstić information content (AvgIpc) is 2.36. The van der Waals surface area contributed by atoms with Crippen LogP contribution in [0.1, 0.15) is 16.8 Å². The van der Waals surface area contributed by atoms with Gasteiger partial charge in [-0.15, -0.1) is 0 Å². The molecular formula is C12H13ClINO5S. The van der Waals surface area contributed by atoms with Gasteiger partial charge >= 0.3 is 5.97 Å². The fourth-order valence-electron chi connectivity index (χ4n) is 1.47. The van der Waals surface area contributed by atoms with Gasteiger partial charge in [0.1, 0.15) is 15.9 Å². The third-order valence-electron chi connectivity index (χ3n) is 2.56. The molecule has 2 N–H and O–H groups in total. The van der Waals surface area contributed by atoms with E-state index in [1.54, 1.807) is 6.07 Å². The van der Waals surface area contributed by atoms with Crippen LogP contribution in [0, 0.1) is 3.57 Å². The SMILES string of the molecule is CS(=O)(=O)CCC(NC(=O)c1ccc(I)c(Cl)c1)C(=O)O. The lowest BCUT2D eigenvalue weighted by atomic mass is 10.1. The minimum atomic E-state index is -3.30. The number of carbonyl (C=O) groups is 2. The first-order valence-electron chi connectivity index (χ1n) is 5.76. The second-order valence-electron chi connectivity index (χ2n) is 4.41. The van der Waals surface area contributed by atoms with Crippen LogP contribution in [-0.2, 0) is 14.6 Å². The molecule has 0 aliphatic carbocycles. The molecule has 1 unspecified atom stereocenters. The monoisotopic (exact) mass is 445 g/mol. The molecule has 6 nitrogen and oxygen atoms in total. The summed E-state index contributed by atoms with van der Waals surface area (Å²) < 4.78 is 22.9. The molecule has 0 fully saturated rings. The maximum Gasteiger partial charge on any atom is 0.326 e. The molecule has 1 atom stereocenters. The van der Waals surface area contributed by atoms with Crippen molar-refractivity contribution >= 4 is 55.9 Å². The summed E-state index contributed by atoms with van der Waals surface area (Å²) in [6, 6.07) is 3.29. The van der Waals surface area contributed by atoms with Crippen LogP contribution in [-0.4, -0.2) is 43.5 Å². The summed E-state index contributed by atoms with van der Waals surface area (Å²) in [5.41, 5.74) is 0.214. The third kappa shape index (κ3) is 6.18. The Balaban J connectivity index is 2.81. The number of hydrogen-bond acceptors (Lipinski definition) is 4. The molecule has 21 heavy (non-hydrogen) atoms. The van der Waals surface area contributed by atoms with Gasteiger partial charge < -0.3 is 10.4 Å². The quantitative estimate of drug-likeness (QED) is 0.647. The minimum absolute atomic E-state index is 0.196. The zero-order valence-electron chi connectivity index (χ0n) is 11.0. The molecule has 1 rings (SSSR count). The molecule has 0 heterocycles. The second-order valence-corrected chi connectivity index (χ2v) is 8.24. The van der Waals surface area contributed by atoms with E-state index in [0.29, 0.717) is 5.02 Å². The first-order valence-corrected chi connectivity index (χ1v) is 9.28. The van der Waals surface area contributed by atoms with E-state index in [1.807, 2.05) is 22.6 Å². The van der Waals surface area contributed by atoms with Gasteiger partial charge in [-0.2, -0.15) is 0 Å². The van der Waals surface area contributed by atoms with Crippen molar-refractivity contribution in [2.45, 2.75) is 12.5 Å². The van der Waals surface area contributed by atoms with Crippen LogP contribution in [0.15, 0.2) is 18.2 Å². The molecule has 0 aliphatic rings. The lowest BCUT2D eigenvalue weighted by Crippen LogP contribution is -2.41. The van der Waals surface area contributed by atoms with Crippen molar-refractivity contribution in [2.75, 3.05) is 12.0 Å². The van der Waals surface area contributed by atoms with Crippen molar-refractivity contribution in [1.82, 2.24) is 5.32 Å². The van der Waals surface area contributed by atoms with Crippen molar-refractivity contribution in [3.05, 3.63) is 32.4 Å². The molecule has 0 aromatic heterocycles. The highest BCUT2D eigenvalue weighted by Gasteiger charge is 2.22. The lowest BCUT2D eigenvalue weighted by Gasteiger charge is -2.14. The number of aliphatic carboxylic acids is 1. The van der Waals surface area contributed by atoms with Gasteiger partial charge in [-0.3, -0.25) is 4.79 Å². The number of amides is 1. The highest BCUT2D eigenvalue weighted by atomic mass is 127. The highest BCUT2D eigenvalue weighted by molar-refractivity contribution is 14.1. The number of nitrogens with one attached hydrogen (secondary N) is 1. The largest absolute Gasteiger partial charge is 0.480 e. The maximum absolute atomic E-state index is 12.0.